The van der Waals surface area contributed by atoms with Crippen molar-refractivity contribution in [3.63, 3.8) is 0 Å². The Balaban J connectivity index is 1.22. The lowest BCUT2D eigenvalue weighted by Gasteiger charge is -2.11. The van der Waals surface area contributed by atoms with Gasteiger partial charge in [-0.15, -0.1) is 11.3 Å². The van der Waals surface area contributed by atoms with Crippen LogP contribution in [0.5, 0.6) is 0 Å². The van der Waals surface area contributed by atoms with Gasteiger partial charge in [0.1, 0.15) is 0 Å². The van der Waals surface area contributed by atoms with Gasteiger partial charge in [-0.3, -0.25) is 9.97 Å². The third-order valence-corrected chi connectivity index (χ3v) is 8.42. The largest absolute Gasteiger partial charge is 0.416 e. The Kier molecular flexibility index (Phi) is 5.68. The maximum absolute atomic E-state index is 13.3. The summed E-state index contributed by atoms with van der Waals surface area (Å²) in [5.41, 5.74) is 5.75. The third-order valence-electron chi connectivity index (χ3n) is 7.20. The number of fused-ring (bicyclic) bond motifs is 4. The summed E-state index contributed by atoms with van der Waals surface area (Å²) < 4.78 is 42.5. The normalized spacial score (nSPS) is 12.0. The Labute approximate surface area is 232 Å². The predicted octanol–water partition coefficient (Wildman–Crippen LogP) is 10.3. The van der Waals surface area contributed by atoms with Crippen molar-refractivity contribution in [3.05, 3.63) is 121 Å². The van der Waals surface area contributed by atoms with E-state index in [0.717, 1.165) is 39.4 Å². The van der Waals surface area contributed by atoms with E-state index >= 15 is 0 Å². The molecule has 3 aromatic heterocycles. The van der Waals surface area contributed by atoms with Gasteiger partial charge in [-0.25, -0.2) is 0 Å². The maximum atomic E-state index is 13.3. The number of halogens is 3. The lowest BCUT2D eigenvalue weighted by Crippen LogP contribution is -2.05. The number of benzene rings is 4. The number of thiophene rings is 1. The third kappa shape index (κ3) is 4.31. The van der Waals surface area contributed by atoms with Crippen molar-refractivity contribution in [1.82, 2.24) is 9.97 Å². The Bertz CT molecular complexity index is 2060. The molecule has 0 fully saturated rings. The van der Waals surface area contributed by atoms with Crippen LogP contribution in [0.2, 0.25) is 0 Å². The molecule has 0 saturated carbocycles. The van der Waals surface area contributed by atoms with E-state index in [1.165, 1.54) is 26.2 Å². The number of rotatable bonds is 3. The molecular weight excluding hydrogens is 525 g/mol. The average Bonchev–Trinajstić information content (AvgIpc) is 3.35. The van der Waals surface area contributed by atoms with Crippen LogP contribution in [0.15, 0.2) is 109 Å². The van der Waals surface area contributed by atoms with Crippen LogP contribution in [-0.2, 0) is 6.18 Å². The zero-order valence-electron chi connectivity index (χ0n) is 21.3. The molecule has 0 unspecified atom stereocenters. The van der Waals surface area contributed by atoms with Crippen molar-refractivity contribution < 1.29 is 13.2 Å². The summed E-state index contributed by atoms with van der Waals surface area (Å²) in [4.78, 5) is 9.44. The van der Waals surface area contributed by atoms with Crippen LogP contribution in [0.3, 0.4) is 0 Å². The van der Waals surface area contributed by atoms with Crippen molar-refractivity contribution >= 4 is 42.4 Å². The minimum Gasteiger partial charge on any atom is -0.256 e. The molecule has 40 heavy (non-hydrogen) atoms. The van der Waals surface area contributed by atoms with Crippen LogP contribution in [0, 0.1) is 6.92 Å². The summed E-state index contributed by atoms with van der Waals surface area (Å²) in [6.45, 7) is 1.67. The monoisotopic (exact) mass is 546 g/mol. The van der Waals surface area contributed by atoms with Gasteiger partial charge in [0, 0.05) is 54.6 Å². The molecule has 0 saturated heterocycles. The quantitative estimate of drug-likeness (QED) is 0.220. The summed E-state index contributed by atoms with van der Waals surface area (Å²) in [5.74, 6) is 0. The van der Waals surface area contributed by atoms with Gasteiger partial charge in [0.25, 0.3) is 0 Å². The number of aromatic nitrogens is 2. The summed E-state index contributed by atoms with van der Waals surface area (Å²) in [6, 6.07) is 30.6. The van der Waals surface area contributed by atoms with E-state index in [2.05, 4.69) is 53.5 Å². The van der Waals surface area contributed by atoms with E-state index in [4.69, 9.17) is 4.98 Å². The van der Waals surface area contributed by atoms with Crippen LogP contribution in [-0.4, -0.2) is 9.97 Å². The fraction of sp³-hybridized carbons (Fsp3) is 0.0588. The molecule has 0 aliphatic rings. The Hall–Kier alpha value is -4.55. The van der Waals surface area contributed by atoms with E-state index in [9.17, 15) is 13.2 Å². The molecule has 0 aliphatic carbocycles. The first kappa shape index (κ1) is 24.5. The number of aryl methyl sites for hydroxylation is 1. The maximum Gasteiger partial charge on any atom is 0.416 e. The fourth-order valence-corrected chi connectivity index (χ4v) is 6.47. The standard InChI is InChI=1S/C34H21F3N2S/c1-20-13-24(16-26(14-20)34(35,36)37)21-9-10-22-15-25(19-39-31(22)17-21)23-11-12-30(38-18-23)29-7-4-6-28-27-5-2-3-8-32(27)40-33(28)29/h2-19H,1H3. The molecule has 0 atom stereocenters. The molecule has 2 nitrogen and oxygen atoms in total. The van der Waals surface area contributed by atoms with E-state index in [1.807, 2.05) is 36.5 Å². The first-order valence-electron chi connectivity index (χ1n) is 12.8. The minimum absolute atomic E-state index is 0.522. The van der Waals surface area contributed by atoms with Gasteiger partial charge in [-0.2, -0.15) is 13.2 Å². The van der Waals surface area contributed by atoms with Gasteiger partial charge in [0.05, 0.1) is 16.8 Å². The molecule has 0 radical (unpaired) electrons. The Morgan fingerprint density at radius 2 is 1.45 bits per heavy atom. The number of pyridine rings is 2. The second kappa shape index (κ2) is 9.28. The summed E-state index contributed by atoms with van der Waals surface area (Å²) in [6.07, 6.45) is -0.740. The van der Waals surface area contributed by atoms with Crippen LogP contribution in [0.25, 0.3) is 64.6 Å². The highest BCUT2D eigenvalue weighted by atomic mass is 32.1. The summed E-state index contributed by atoms with van der Waals surface area (Å²) in [5, 5.41) is 3.40. The number of hydrogen-bond acceptors (Lipinski definition) is 3. The average molecular weight is 547 g/mol. The highest BCUT2D eigenvalue weighted by Crippen LogP contribution is 2.39. The van der Waals surface area contributed by atoms with Crippen LogP contribution in [0.4, 0.5) is 13.2 Å². The second-order valence-electron chi connectivity index (χ2n) is 9.93. The molecule has 3 heterocycles. The van der Waals surface area contributed by atoms with Crippen LogP contribution in [0.1, 0.15) is 11.1 Å². The van der Waals surface area contributed by atoms with Gasteiger partial charge in [0.15, 0.2) is 0 Å². The van der Waals surface area contributed by atoms with Crippen molar-refractivity contribution in [2.45, 2.75) is 13.1 Å². The highest BCUT2D eigenvalue weighted by molar-refractivity contribution is 7.26. The molecule has 7 rings (SSSR count). The highest BCUT2D eigenvalue weighted by Gasteiger charge is 2.31. The van der Waals surface area contributed by atoms with E-state index in [1.54, 1.807) is 30.5 Å². The zero-order valence-corrected chi connectivity index (χ0v) is 22.1. The molecule has 194 valence electrons. The van der Waals surface area contributed by atoms with Crippen molar-refractivity contribution in [2.75, 3.05) is 0 Å². The molecule has 7 aromatic rings. The molecule has 0 amide bonds. The van der Waals surface area contributed by atoms with Gasteiger partial charge in [-0.05, 0) is 60.0 Å². The molecule has 0 N–H and O–H groups in total. The van der Waals surface area contributed by atoms with E-state index < -0.39 is 11.7 Å². The molecule has 0 aliphatic heterocycles. The van der Waals surface area contributed by atoms with Gasteiger partial charge < -0.3 is 0 Å². The molecule has 4 aromatic carbocycles. The van der Waals surface area contributed by atoms with Crippen LogP contribution >= 0.6 is 11.3 Å². The minimum atomic E-state index is -4.39. The first-order chi connectivity index (χ1) is 19.3. The zero-order chi connectivity index (χ0) is 27.4. The van der Waals surface area contributed by atoms with Gasteiger partial charge >= 0.3 is 6.18 Å². The SMILES string of the molecule is Cc1cc(-c2ccc3cc(-c4ccc(-c5cccc6c5sc5ccccc56)nc4)cnc3c2)cc(C(F)(F)F)c1. The fourth-order valence-electron chi connectivity index (χ4n) is 5.25. The lowest BCUT2D eigenvalue weighted by atomic mass is 9.98. The number of nitrogens with zero attached hydrogens (tertiary/aromatic N) is 2. The van der Waals surface area contributed by atoms with E-state index in [0.29, 0.717) is 16.7 Å². The molecule has 6 heteroatoms. The smallest absolute Gasteiger partial charge is 0.256 e. The Morgan fingerprint density at radius 1 is 0.650 bits per heavy atom. The van der Waals surface area contributed by atoms with Crippen molar-refractivity contribution in [3.8, 4) is 33.5 Å². The molecule has 0 bridgehead atoms. The first-order valence-corrected chi connectivity index (χ1v) is 13.6. The van der Waals surface area contributed by atoms with Gasteiger partial charge in [-0.1, -0.05) is 60.7 Å². The van der Waals surface area contributed by atoms with Crippen LogP contribution < -0.4 is 0 Å². The van der Waals surface area contributed by atoms with Crippen molar-refractivity contribution in [2.24, 2.45) is 0 Å². The summed E-state index contributed by atoms with van der Waals surface area (Å²) >= 11 is 1.78. The predicted molar refractivity (Wildman–Crippen MR) is 158 cm³/mol. The molecular formula is C34H21F3N2S. The van der Waals surface area contributed by atoms with Gasteiger partial charge in [0.2, 0.25) is 0 Å². The lowest BCUT2D eigenvalue weighted by molar-refractivity contribution is -0.137. The Morgan fingerprint density at radius 3 is 2.27 bits per heavy atom. The molecule has 0 spiro atoms. The second-order valence-corrected chi connectivity index (χ2v) is 11.0. The topological polar surface area (TPSA) is 25.8 Å². The summed E-state index contributed by atoms with van der Waals surface area (Å²) in [7, 11) is 0. The number of alkyl halides is 3. The number of hydrogen-bond donors (Lipinski definition) is 0. The van der Waals surface area contributed by atoms with Crippen molar-refractivity contribution in [1.29, 1.82) is 0 Å². The van der Waals surface area contributed by atoms with E-state index in [-0.39, 0.29) is 0 Å².